The molecule has 4 N–H and O–H groups in total. The first-order valence-electron chi connectivity index (χ1n) is 10.9. The minimum absolute atomic E-state index is 0.333. The molecule has 0 bridgehead atoms. The maximum Gasteiger partial charge on any atom is 0.308 e. The van der Waals surface area contributed by atoms with Gasteiger partial charge in [0.25, 0.3) is 0 Å². The molecule has 3 aromatic carbocycles. The van der Waals surface area contributed by atoms with Crippen LogP contribution in [-0.2, 0) is 27.1 Å². The number of hydrogen-bond donors (Lipinski definition) is 2. The van der Waals surface area contributed by atoms with Crippen LogP contribution in [0.25, 0.3) is 0 Å². The number of nitrogens with two attached hydrogens (primary N) is 2. The van der Waals surface area contributed by atoms with Crippen molar-refractivity contribution in [3.8, 4) is 5.75 Å². The Hall–Kier alpha value is -3.68. The van der Waals surface area contributed by atoms with E-state index in [9.17, 15) is 9.59 Å². The van der Waals surface area contributed by atoms with Gasteiger partial charge in [-0.15, -0.1) is 0 Å². The quantitative estimate of drug-likeness (QED) is 0.198. The molecule has 0 saturated carbocycles. The summed E-state index contributed by atoms with van der Waals surface area (Å²) in [5, 5.41) is 0. The molecular formula is C27H30N2O5. The monoisotopic (exact) mass is 462 g/mol. The van der Waals surface area contributed by atoms with E-state index in [2.05, 4.69) is 0 Å². The van der Waals surface area contributed by atoms with Gasteiger partial charge in [0.05, 0.1) is 12.2 Å². The predicted molar refractivity (Wildman–Crippen MR) is 132 cm³/mol. The van der Waals surface area contributed by atoms with Crippen LogP contribution in [0.3, 0.4) is 0 Å². The van der Waals surface area contributed by atoms with E-state index in [1.54, 1.807) is 50.6 Å². The standard InChI is InChI=1S/C27H30N2O5/c1-17(31)34-27-21(14-25(32-2)19-4-8-23(28)9-5-19)12-18(16-30)13-22(27)15-26(33-3)20-6-10-24(29)11-7-20/h4-13,16,25-26H,14-15,28-29H2,1-3H3. The zero-order valence-electron chi connectivity index (χ0n) is 19.6. The maximum atomic E-state index is 12.0. The second-order valence-electron chi connectivity index (χ2n) is 8.07. The average Bonchev–Trinajstić information content (AvgIpc) is 2.83. The van der Waals surface area contributed by atoms with Gasteiger partial charge < -0.3 is 25.7 Å². The second kappa shape index (κ2) is 11.4. The number of benzene rings is 3. The normalized spacial score (nSPS) is 12.7. The van der Waals surface area contributed by atoms with E-state index in [-0.39, 0.29) is 12.2 Å². The molecule has 7 heteroatoms. The molecule has 0 fully saturated rings. The molecule has 2 atom stereocenters. The van der Waals surface area contributed by atoms with E-state index in [1.807, 2.05) is 24.3 Å². The lowest BCUT2D eigenvalue weighted by Crippen LogP contribution is -2.14. The van der Waals surface area contributed by atoms with Crippen LogP contribution in [0.2, 0.25) is 0 Å². The van der Waals surface area contributed by atoms with Gasteiger partial charge in [-0.2, -0.15) is 0 Å². The van der Waals surface area contributed by atoms with E-state index in [0.29, 0.717) is 46.7 Å². The molecule has 0 saturated heterocycles. The molecule has 2 unspecified atom stereocenters. The van der Waals surface area contributed by atoms with Crippen LogP contribution in [0, 0.1) is 0 Å². The fraction of sp³-hybridized carbons (Fsp3) is 0.259. The van der Waals surface area contributed by atoms with Crippen LogP contribution < -0.4 is 16.2 Å². The van der Waals surface area contributed by atoms with Crippen molar-refractivity contribution in [3.05, 3.63) is 88.5 Å². The number of nitrogen functional groups attached to an aromatic ring is 2. The van der Waals surface area contributed by atoms with Gasteiger partial charge in [-0.05, 0) is 58.7 Å². The van der Waals surface area contributed by atoms with Crippen molar-refractivity contribution in [1.29, 1.82) is 0 Å². The molecule has 178 valence electrons. The summed E-state index contributed by atoms with van der Waals surface area (Å²) in [5.41, 5.74) is 16.6. The van der Waals surface area contributed by atoms with Crippen molar-refractivity contribution in [2.75, 3.05) is 25.7 Å². The molecule has 0 aliphatic heterocycles. The Morgan fingerprint density at radius 1 is 0.824 bits per heavy atom. The highest BCUT2D eigenvalue weighted by atomic mass is 16.5. The average molecular weight is 463 g/mol. The molecule has 0 radical (unpaired) electrons. The van der Waals surface area contributed by atoms with E-state index in [0.717, 1.165) is 17.4 Å². The van der Waals surface area contributed by atoms with E-state index in [4.69, 9.17) is 25.7 Å². The van der Waals surface area contributed by atoms with Gasteiger partial charge in [-0.3, -0.25) is 9.59 Å². The molecule has 7 nitrogen and oxygen atoms in total. The first-order chi connectivity index (χ1) is 16.3. The Morgan fingerprint density at radius 2 is 1.24 bits per heavy atom. The van der Waals surface area contributed by atoms with Crippen LogP contribution in [0.15, 0.2) is 60.7 Å². The summed E-state index contributed by atoms with van der Waals surface area (Å²) in [7, 11) is 3.22. The summed E-state index contributed by atoms with van der Waals surface area (Å²) in [5.74, 6) is -0.0441. The van der Waals surface area contributed by atoms with Crippen LogP contribution in [0.4, 0.5) is 11.4 Å². The lowest BCUT2D eigenvalue weighted by molar-refractivity contribution is -0.132. The van der Waals surface area contributed by atoms with Gasteiger partial charge in [0, 0.05) is 50.9 Å². The summed E-state index contributed by atoms with van der Waals surface area (Å²) in [6, 6.07) is 18.2. The summed E-state index contributed by atoms with van der Waals surface area (Å²) < 4.78 is 17.1. The number of ether oxygens (including phenoxy) is 3. The Labute approximate surface area is 199 Å². The van der Waals surface area contributed by atoms with Crippen molar-refractivity contribution >= 4 is 23.6 Å². The van der Waals surface area contributed by atoms with Gasteiger partial charge in [-0.1, -0.05) is 24.3 Å². The molecule has 34 heavy (non-hydrogen) atoms. The number of methoxy groups -OCH3 is 2. The fourth-order valence-electron chi connectivity index (χ4n) is 3.92. The van der Waals surface area contributed by atoms with E-state index < -0.39 is 5.97 Å². The maximum absolute atomic E-state index is 12.0. The van der Waals surface area contributed by atoms with E-state index >= 15 is 0 Å². The largest absolute Gasteiger partial charge is 0.426 e. The summed E-state index contributed by atoms with van der Waals surface area (Å²) in [6.45, 7) is 1.35. The highest BCUT2D eigenvalue weighted by molar-refractivity contribution is 5.78. The lowest BCUT2D eigenvalue weighted by atomic mass is 9.93. The van der Waals surface area contributed by atoms with Crippen molar-refractivity contribution in [2.45, 2.75) is 32.0 Å². The first-order valence-corrected chi connectivity index (χ1v) is 10.9. The Balaban J connectivity index is 2.03. The van der Waals surface area contributed by atoms with Crippen LogP contribution in [0.1, 0.15) is 51.7 Å². The first kappa shape index (κ1) is 25.0. The number of esters is 1. The Bertz CT molecular complexity index is 1050. The topological polar surface area (TPSA) is 114 Å². The molecular weight excluding hydrogens is 432 g/mol. The fourth-order valence-corrected chi connectivity index (χ4v) is 3.92. The molecule has 0 spiro atoms. The Kier molecular flexibility index (Phi) is 8.40. The van der Waals surface area contributed by atoms with Crippen molar-refractivity contribution in [3.63, 3.8) is 0 Å². The molecule has 0 heterocycles. The van der Waals surface area contributed by atoms with Crippen molar-refractivity contribution in [1.82, 2.24) is 0 Å². The van der Waals surface area contributed by atoms with Gasteiger partial charge in [0.15, 0.2) is 0 Å². The number of hydrogen-bond acceptors (Lipinski definition) is 7. The van der Waals surface area contributed by atoms with Crippen molar-refractivity contribution in [2.24, 2.45) is 0 Å². The highest BCUT2D eigenvalue weighted by Gasteiger charge is 2.22. The van der Waals surface area contributed by atoms with Gasteiger partial charge in [0.2, 0.25) is 0 Å². The summed E-state index contributed by atoms with van der Waals surface area (Å²) >= 11 is 0. The van der Waals surface area contributed by atoms with Gasteiger partial charge >= 0.3 is 5.97 Å². The number of carbonyl (C=O) groups excluding carboxylic acids is 2. The molecule has 3 rings (SSSR count). The third-order valence-electron chi connectivity index (χ3n) is 5.64. The van der Waals surface area contributed by atoms with Crippen LogP contribution in [0.5, 0.6) is 5.75 Å². The zero-order chi connectivity index (χ0) is 24.7. The SMILES string of the molecule is COC(Cc1cc(C=O)cc(CC(OC)c2ccc(N)cc2)c1OC(C)=O)c1ccc(N)cc1. The number of anilines is 2. The number of aldehydes is 1. The van der Waals surface area contributed by atoms with Gasteiger partial charge in [-0.25, -0.2) is 0 Å². The zero-order valence-corrected chi connectivity index (χ0v) is 19.6. The Morgan fingerprint density at radius 3 is 1.56 bits per heavy atom. The molecule has 0 aliphatic carbocycles. The molecule has 0 aromatic heterocycles. The molecule has 0 aliphatic rings. The third kappa shape index (κ3) is 6.21. The minimum Gasteiger partial charge on any atom is -0.426 e. The predicted octanol–water partition coefficient (Wildman–Crippen LogP) is 4.45. The minimum atomic E-state index is -0.454. The molecule has 3 aromatic rings. The second-order valence-corrected chi connectivity index (χ2v) is 8.07. The van der Waals surface area contributed by atoms with Crippen LogP contribution in [-0.4, -0.2) is 26.5 Å². The van der Waals surface area contributed by atoms with E-state index in [1.165, 1.54) is 6.92 Å². The third-order valence-corrected chi connectivity index (χ3v) is 5.64. The van der Waals surface area contributed by atoms with Crippen LogP contribution >= 0.6 is 0 Å². The summed E-state index contributed by atoms with van der Waals surface area (Å²) in [4.78, 5) is 23.8. The number of carbonyl (C=O) groups is 2. The smallest absolute Gasteiger partial charge is 0.308 e. The lowest BCUT2D eigenvalue weighted by Gasteiger charge is -2.22. The van der Waals surface area contributed by atoms with Gasteiger partial charge in [0.1, 0.15) is 12.0 Å². The number of rotatable bonds is 10. The highest BCUT2D eigenvalue weighted by Crippen LogP contribution is 2.35. The van der Waals surface area contributed by atoms with Crippen molar-refractivity contribution < 1.29 is 23.8 Å². The summed E-state index contributed by atoms with van der Waals surface area (Å²) in [6.07, 6.45) is 0.884. The molecule has 0 amide bonds.